The Labute approximate surface area is 147 Å². The lowest BCUT2D eigenvalue weighted by molar-refractivity contribution is -0.119. The maximum atomic E-state index is 12.2. The van der Waals surface area contributed by atoms with Gasteiger partial charge in [0.1, 0.15) is 5.69 Å². The summed E-state index contributed by atoms with van der Waals surface area (Å²) in [5.74, 6) is -1.03. The molecule has 0 bridgehead atoms. The zero-order chi connectivity index (χ0) is 18.7. The molecule has 2 aromatic rings. The van der Waals surface area contributed by atoms with E-state index in [0.29, 0.717) is 22.5 Å². The van der Waals surface area contributed by atoms with Crippen molar-refractivity contribution in [1.29, 1.82) is 0 Å². The molecule has 0 unspecified atom stereocenters. The van der Waals surface area contributed by atoms with E-state index in [2.05, 4.69) is 10.3 Å². The number of aryl methyl sites for hydroxylation is 3. The third kappa shape index (κ3) is 4.28. The molecule has 1 aromatic carbocycles. The summed E-state index contributed by atoms with van der Waals surface area (Å²) in [6.45, 7) is 8.64. The molecule has 0 saturated heterocycles. The van der Waals surface area contributed by atoms with E-state index in [9.17, 15) is 14.7 Å². The molecule has 6 heteroatoms. The largest absolute Gasteiger partial charge is 0.451 e. The molecule has 2 rings (SSSR count). The molecule has 25 heavy (non-hydrogen) atoms. The number of hydrogen-bond donors (Lipinski definition) is 3. The van der Waals surface area contributed by atoms with E-state index in [1.54, 1.807) is 20.8 Å². The summed E-state index contributed by atoms with van der Waals surface area (Å²) in [5, 5.41) is 12.5. The predicted octanol–water partition coefficient (Wildman–Crippen LogP) is 3.10. The minimum atomic E-state index is -0.689. The van der Waals surface area contributed by atoms with Gasteiger partial charge in [-0.05, 0) is 51.8 Å². The van der Waals surface area contributed by atoms with Gasteiger partial charge in [0.25, 0.3) is 5.91 Å². The van der Waals surface area contributed by atoms with Crippen LogP contribution in [0.25, 0.3) is 0 Å². The number of amides is 1. The summed E-state index contributed by atoms with van der Waals surface area (Å²) in [6, 6.07) is 5.68. The van der Waals surface area contributed by atoms with Gasteiger partial charge in [-0.1, -0.05) is 17.7 Å². The van der Waals surface area contributed by atoms with Crippen LogP contribution in [0.1, 0.15) is 51.5 Å². The molecule has 3 N–H and O–H groups in total. The first-order valence-corrected chi connectivity index (χ1v) is 8.12. The number of aliphatic hydroxyl groups excluding tert-OH is 1. The van der Waals surface area contributed by atoms with E-state index in [1.807, 2.05) is 32.0 Å². The molecule has 0 radical (unpaired) electrons. The minimum Gasteiger partial charge on any atom is -0.451 e. The fourth-order valence-electron chi connectivity index (χ4n) is 2.94. The Balaban J connectivity index is 2.00. The van der Waals surface area contributed by atoms with Gasteiger partial charge in [-0.3, -0.25) is 4.79 Å². The SMILES string of the molecule is Cc1ccc(NC(=O)COC(=O)c2[nH]c(C)c([C@@H](C)O)c2C)c(C)c1. The molecule has 0 aliphatic heterocycles. The summed E-state index contributed by atoms with van der Waals surface area (Å²) < 4.78 is 5.09. The number of carbonyl (C=O) groups is 2. The molecule has 0 fully saturated rings. The maximum absolute atomic E-state index is 12.2. The van der Waals surface area contributed by atoms with Gasteiger partial charge in [0.05, 0.1) is 6.10 Å². The number of aromatic amines is 1. The standard InChI is InChI=1S/C19H24N2O4/c1-10-6-7-15(11(2)8-10)21-16(23)9-25-19(24)18-12(3)17(14(5)22)13(4)20-18/h6-8,14,20,22H,9H2,1-5H3,(H,21,23)/t14-/m1/s1. The number of carbonyl (C=O) groups excluding carboxylic acids is 2. The Morgan fingerprint density at radius 1 is 1.24 bits per heavy atom. The lowest BCUT2D eigenvalue weighted by atomic mass is 10.1. The van der Waals surface area contributed by atoms with Crippen LogP contribution in [0.4, 0.5) is 5.69 Å². The number of benzene rings is 1. The van der Waals surface area contributed by atoms with Crippen molar-refractivity contribution in [3.05, 3.63) is 51.8 Å². The highest BCUT2D eigenvalue weighted by Crippen LogP contribution is 2.24. The van der Waals surface area contributed by atoms with E-state index in [0.717, 1.165) is 11.1 Å². The third-order valence-corrected chi connectivity index (χ3v) is 4.11. The summed E-state index contributed by atoms with van der Waals surface area (Å²) in [7, 11) is 0. The zero-order valence-electron chi connectivity index (χ0n) is 15.2. The summed E-state index contributed by atoms with van der Waals surface area (Å²) in [6.07, 6.45) is -0.689. The monoisotopic (exact) mass is 344 g/mol. The van der Waals surface area contributed by atoms with Crippen molar-refractivity contribution in [2.45, 2.75) is 40.7 Å². The molecule has 1 aromatic heterocycles. The predicted molar refractivity (Wildman–Crippen MR) is 95.7 cm³/mol. The van der Waals surface area contributed by atoms with E-state index in [1.165, 1.54) is 0 Å². The van der Waals surface area contributed by atoms with Crippen molar-refractivity contribution < 1.29 is 19.4 Å². The highest BCUT2D eigenvalue weighted by molar-refractivity contribution is 5.96. The first kappa shape index (κ1) is 18.7. The molecule has 6 nitrogen and oxygen atoms in total. The van der Waals surface area contributed by atoms with Crippen molar-refractivity contribution in [3.8, 4) is 0 Å². The number of aromatic nitrogens is 1. The average Bonchev–Trinajstić information content (AvgIpc) is 2.82. The second-order valence-corrected chi connectivity index (χ2v) is 6.28. The Hall–Kier alpha value is -2.60. The van der Waals surface area contributed by atoms with Crippen LogP contribution in [0.5, 0.6) is 0 Å². The molecule has 0 saturated carbocycles. The Kier molecular flexibility index (Phi) is 5.64. The molecule has 1 atom stereocenters. The first-order chi connectivity index (χ1) is 11.7. The molecule has 1 amide bonds. The molecule has 0 spiro atoms. The normalized spacial score (nSPS) is 11.9. The van der Waals surface area contributed by atoms with Crippen LogP contribution in [0.3, 0.4) is 0 Å². The minimum absolute atomic E-state index is 0.257. The quantitative estimate of drug-likeness (QED) is 0.727. The molecule has 134 valence electrons. The summed E-state index contributed by atoms with van der Waals surface area (Å²) in [4.78, 5) is 27.1. The second-order valence-electron chi connectivity index (χ2n) is 6.28. The number of nitrogens with one attached hydrogen (secondary N) is 2. The van der Waals surface area contributed by atoms with Gasteiger partial charge in [0, 0.05) is 16.9 Å². The van der Waals surface area contributed by atoms with Gasteiger partial charge in [0.15, 0.2) is 6.61 Å². The third-order valence-electron chi connectivity index (χ3n) is 4.11. The lowest BCUT2D eigenvalue weighted by Crippen LogP contribution is -2.21. The fourth-order valence-corrected chi connectivity index (χ4v) is 2.94. The summed E-state index contributed by atoms with van der Waals surface area (Å²) in [5.41, 5.74) is 5.01. The number of esters is 1. The molecular formula is C19H24N2O4. The van der Waals surface area contributed by atoms with Crippen LogP contribution in [0, 0.1) is 27.7 Å². The van der Waals surface area contributed by atoms with Crippen LogP contribution in [0.2, 0.25) is 0 Å². The van der Waals surface area contributed by atoms with Crippen molar-refractivity contribution in [3.63, 3.8) is 0 Å². The smallest absolute Gasteiger partial charge is 0.355 e. The van der Waals surface area contributed by atoms with E-state index >= 15 is 0 Å². The number of ether oxygens (including phenoxy) is 1. The van der Waals surface area contributed by atoms with Gasteiger partial charge in [-0.25, -0.2) is 4.79 Å². The highest BCUT2D eigenvalue weighted by Gasteiger charge is 2.21. The van der Waals surface area contributed by atoms with Gasteiger partial charge in [0.2, 0.25) is 0 Å². The number of H-pyrrole nitrogens is 1. The number of rotatable bonds is 5. The van der Waals surface area contributed by atoms with Gasteiger partial charge >= 0.3 is 5.97 Å². The lowest BCUT2D eigenvalue weighted by Gasteiger charge is -2.10. The van der Waals surface area contributed by atoms with Crippen LogP contribution in [-0.2, 0) is 9.53 Å². The number of hydrogen-bond acceptors (Lipinski definition) is 4. The Bertz CT molecular complexity index is 806. The topological polar surface area (TPSA) is 91.4 Å². The van der Waals surface area contributed by atoms with Crippen molar-refractivity contribution in [2.24, 2.45) is 0 Å². The number of aliphatic hydroxyl groups is 1. The highest BCUT2D eigenvalue weighted by atomic mass is 16.5. The van der Waals surface area contributed by atoms with Gasteiger partial charge in [-0.2, -0.15) is 0 Å². The Morgan fingerprint density at radius 2 is 1.92 bits per heavy atom. The Morgan fingerprint density at radius 3 is 2.48 bits per heavy atom. The van der Waals surface area contributed by atoms with E-state index < -0.39 is 18.0 Å². The van der Waals surface area contributed by atoms with E-state index in [-0.39, 0.29) is 12.3 Å². The van der Waals surface area contributed by atoms with Crippen LogP contribution in [0.15, 0.2) is 18.2 Å². The van der Waals surface area contributed by atoms with Crippen LogP contribution >= 0.6 is 0 Å². The molecule has 0 aliphatic carbocycles. The number of anilines is 1. The fraction of sp³-hybridized carbons (Fsp3) is 0.368. The first-order valence-electron chi connectivity index (χ1n) is 8.12. The van der Waals surface area contributed by atoms with Crippen molar-refractivity contribution >= 4 is 17.6 Å². The van der Waals surface area contributed by atoms with Gasteiger partial charge in [-0.15, -0.1) is 0 Å². The molecule has 1 heterocycles. The zero-order valence-corrected chi connectivity index (χ0v) is 15.2. The van der Waals surface area contributed by atoms with E-state index in [4.69, 9.17) is 4.74 Å². The molecular weight excluding hydrogens is 320 g/mol. The van der Waals surface area contributed by atoms with Gasteiger partial charge < -0.3 is 20.1 Å². The average molecular weight is 344 g/mol. The summed E-state index contributed by atoms with van der Waals surface area (Å²) >= 11 is 0. The van der Waals surface area contributed by atoms with Crippen LogP contribution < -0.4 is 5.32 Å². The van der Waals surface area contributed by atoms with Crippen molar-refractivity contribution in [2.75, 3.05) is 11.9 Å². The van der Waals surface area contributed by atoms with Crippen LogP contribution in [-0.4, -0.2) is 28.6 Å². The second kappa shape index (κ2) is 7.53. The molecule has 0 aliphatic rings. The van der Waals surface area contributed by atoms with Crippen molar-refractivity contribution in [1.82, 2.24) is 4.98 Å². The maximum Gasteiger partial charge on any atom is 0.355 e.